The Morgan fingerprint density at radius 2 is 1.88 bits per heavy atom. The van der Waals surface area contributed by atoms with E-state index in [1.165, 1.54) is 6.33 Å². The van der Waals surface area contributed by atoms with E-state index in [0.717, 1.165) is 43.8 Å². The zero-order valence-corrected chi connectivity index (χ0v) is 15.3. The van der Waals surface area contributed by atoms with Gasteiger partial charge in [-0.3, -0.25) is 0 Å². The quantitative estimate of drug-likeness (QED) is 0.522. The van der Waals surface area contributed by atoms with Gasteiger partial charge in [0.25, 0.3) is 0 Å². The van der Waals surface area contributed by atoms with Crippen LogP contribution in [0.5, 0.6) is 0 Å². The third kappa shape index (κ3) is 2.78. The van der Waals surface area contributed by atoms with Gasteiger partial charge in [0.1, 0.15) is 23.7 Å². The molecule has 0 saturated heterocycles. The van der Waals surface area contributed by atoms with E-state index in [2.05, 4.69) is 30.9 Å². The standard InChI is InChI=1S/C19H15BrN4O/c1-10-6-14(11(2)25-10)16-8-15(12-4-3-5-13(20)7-12)17-18(21)22-9-23-19(17)24-16/h3-9H,1-2H3,(H2,21,22,23,24). The van der Waals surface area contributed by atoms with Gasteiger partial charge in [0.15, 0.2) is 5.65 Å². The number of nitrogens with two attached hydrogens (primary N) is 1. The van der Waals surface area contributed by atoms with E-state index < -0.39 is 0 Å². The summed E-state index contributed by atoms with van der Waals surface area (Å²) < 4.78 is 6.65. The molecule has 0 bridgehead atoms. The average Bonchev–Trinajstić information content (AvgIpc) is 2.92. The van der Waals surface area contributed by atoms with Gasteiger partial charge in [-0.15, -0.1) is 0 Å². The first-order valence-corrected chi connectivity index (χ1v) is 8.57. The highest BCUT2D eigenvalue weighted by Crippen LogP contribution is 2.35. The first kappa shape index (κ1) is 15.8. The lowest BCUT2D eigenvalue weighted by Gasteiger charge is -2.11. The monoisotopic (exact) mass is 394 g/mol. The maximum atomic E-state index is 6.13. The van der Waals surface area contributed by atoms with Gasteiger partial charge in [0, 0.05) is 10.0 Å². The van der Waals surface area contributed by atoms with E-state index >= 15 is 0 Å². The van der Waals surface area contributed by atoms with Crippen molar-refractivity contribution in [1.82, 2.24) is 15.0 Å². The second kappa shape index (κ2) is 5.97. The van der Waals surface area contributed by atoms with E-state index in [0.29, 0.717) is 11.5 Å². The average molecular weight is 395 g/mol. The fourth-order valence-electron chi connectivity index (χ4n) is 2.99. The Morgan fingerprint density at radius 1 is 1.04 bits per heavy atom. The third-order valence-electron chi connectivity index (χ3n) is 4.09. The Kier molecular flexibility index (Phi) is 3.77. The highest BCUT2D eigenvalue weighted by Gasteiger charge is 2.16. The predicted molar refractivity (Wildman–Crippen MR) is 102 cm³/mol. The highest BCUT2D eigenvalue weighted by atomic mass is 79.9. The molecule has 124 valence electrons. The maximum Gasteiger partial charge on any atom is 0.165 e. The fraction of sp³-hybridized carbons (Fsp3) is 0.105. The number of benzene rings is 1. The van der Waals surface area contributed by atoms with Crippen molar-refractivity contribution in [2.24, 2.45) is 0 Å². The molecule has 0 fully saturated rings. The zero-order valence-electron chi connectivity index (χ0n) is 13.7. The van der Waals surface area contributed by atoms with Gasteiger partial charge in [0.2, 0.25) is 0 Å². The smallest absolute Gasteiger partial charge is 0.165 e. The van der Waals surface area contributed by atoms with Crippen molar-refractivity contribution in [1.29, 1.82) is 0 Å². The number of furan rings is 1. The second-order valence-corrected chi connectivity index (χ2v) is 6.77. The number of anilines is 1. The van der Waals surface area contributed by atoms with Crippen LogP contribution in [0, 0.1) is 13.8 Å². The molecular formula is C19H15BrN4O. The summed E-state index contributed by atoms with van der Waals surface area (Å²) in [5.74, 6) is 2.09. The molecule has 4 aromatic rings. The minimum atomic E-state index is 0.416. The summed E-state index contributed by atoms with van der Waals surface area (Å²) in [6.45, 7) is 3.86. The number of pyridine rings is 1. The Bertz CT molecular complexity index is 1100. The van der Waals surface area contributed by atoms with Gasteiger partial charge in [0.05, 0.1) is 11.1 Å². The summed E-state index contributed by atoms with van der Waals surface area (Å²) in [4.78, 5) is 13.2. The molecule has 2 N–H and O–H groups in total. The van der Waals surface area contributed by atoms with E-state index in [4.69, 9.17) is 10.2 Å². The summed E-state index contributed by atoms with van der Waals surface area (Å²) in [5, 5.41) is 0.752. The number of aromatic nitrogens is 3. The molecule has 25 heavy (non-hydrogen) atoms. The number of aryl methyl sites for hydroxylation is 2. The molecule has 0 aliphatic rings. The van der Waals surface area contributed by atoms with Crippen molar-refractivity contribution in [3.8, 4) is 22.4 Å². The van der Waals surface area contributed by atoms with Crippen molar-refractivity contribution in [3.63, 3.8) is 0 Å². The second-order valence-electron chi connectivity index (χ2n) is 5.85. The molecule has 0 radical (unpaired) electrons. The van der Waals surface area contributed by atoms with Gasteiger partial charge in [-0.1, -0.05) is 28.1 Å². The predicted octanol–water partition coefficient (Wildman–Crippen LogP) is 4.91. The van der Waals surface area contributed by atoms with E-state index in [9.17, 15) is 0 Å². The van der Waals surface area contributed by atoms with Crippen molar-refractivity contribution in [3.05, 3.63) is 58.7 Å². The van der Waals surface area contributed by atoms with Crippen LogP contribution in [0.3, 0.4) is 0 Å². The number of fused-ring (bicyclic) bond motifs is 1. The zero-order chi connectivity index (χ0) is 17.6. The molecule has 6 heteroatoms. The van der Waals surface area contributed by atoms with Crippen LogP contribution >= 0.6 is 15.9 Å². The van der Waals surface area contributed by atoms with Gasteiger partial charge in [-0.25, -0.2) is 15.0 Å². The molecule has 0 atom stereocenters. The number of hydrogen-bond acceptors (Lipinski definition) is 5. The number of nitrogen functional groups attached to an aromatic ring is 1. The van der Waals surface area contributed by atoms with Crippen LogP contribution in [0.1, 0.15) is 11.5 Å². The van der Waals surface area contributed by atoms with Crippen LogP contribution in [-0.4, -0.2) is 15.0 Å². The van der Waals surface area contributed by atoms with Crippen molar-refractivity contribution < 1.29 is 4.42 Å². The Hall–Kier alpha value is -2.73. The lowest BCUT2D eigenvalue weighted by molar-refractivity contribution is 0.505. The van der Waals surface area contributed by atoms with Crippen molar-refractivity contribution in [2.45, 2.75) is 13.8 Å². The van der Waals surface area contributed by atoms with E-state index in [1.54, 1.807) is 0 Å². The largest absolute Gasteiger partial charge is 0.466 e. The van der Waals surface area contributed by atoms with E-state index in [1.807, 2.05) is 50.2 Å². The lowest BCUT2D eigenvalue weighted by Crippen LogP contribution is -1.98. The topological polar surface area (TPSA) is 77.8 Å². The first-order chi connectivity index (χ1) is 12.0. The van der Waals surface area contributed by atoms with Crippen LogP contribution in [0.2, 0.25) is 0 Å². The molecule has 4 rings (SSSR count). The number of hydrogen-bond donors (Lipinski definition) is 1. The summed E-state index contributed by atoms with van der Waals surface area (Å²) in [6, 6.07) is 12.0. The van der Waals surface area contributed by atoms with Crippen molar-refractivity contribution in [2.75, 3.05) is 5.73 Å². The van der Waals surface area contributed by atoms with Crippen LogP contribution in [0.25, 0.3) is 33.4 Å². The molecule has 0 unspecified atom stereocenters. The maximum absolute atomic E-state index is 6.13. The molecule has 0 amide bonds. The number of halogens is 1. The van der Waals surface area contributed by atoms with Crippen LogP contribution in [0.4, 0.5) is 5.82 Å². The molecule has 0 spiro atoms. The molecule has 0 aliphatic heterocycles. The van der Waals surface area contributed by atoms with Gasteiger partial charge < -0.3 is 10.2 Å². The highest BCUT2D eigenvalue weighted by molar-refractivity contribution is 9.10. The van der Waals surface area contributed by atoms with Crippen LogP contribution < -0.4 is 5.73 Å². The number of rotatable bonds is 2. The number of nitrogens with zero attached hydrogens (tertiary/aromatic N) is 3. The Labute approximate surface area is 153 Å². The van der Waals surface area contributed by atoms with Gasteiger partial charge in [-0.05, 0) is 49.2 Å². The molecule has 1 aromatic carbocycles. The lowest BCUT2D eigenvalue weighted by atomic mass is 10.00. The Balaban J connectivity index is 2.07. The van der Waals surface area contributed by atoms with Gasteiger partial charge in [-0.2, -0.15) is 0 Å². The van der Waals surface area contributed by atoms with Crippen LogP contribution in [0.15, 0.2) is 51.6 Å². The molecular weight excluding hydrogens is 380 g/mol. The Morgan fingerprint density at radius 3 is 2.60 bits per heavy atom. The molecule has 0 aliphatic carbocycles. The fourth-order valence-corrected chi connectivity index (χ4v) is 3.39. The minimum Gasteiger partial charge on any atom is -0.466 e. The summed E-state index contributed by atoms with van der Waals surface area (Å²) in [7, 11) is 0. The summed E-state index contributed by atoms with van der Waals surface area (Å²) >= 11 is 3.53. The molecule has 3 aromatic heterocycles. The summed E-state index contributed by atoms with van der Waals surface area (Å²) in [5.41, 5.74) is 10.4. The van der Waals surface area contributed by atoms with Gasteiger partial charge >= 0.3 is 0 Å². The SMILES string of the molecule is Cc1cc(-c2cc(-c3cccc(Br)c3)c3c(N)ncnc3n2)c(C)o1. The van der Waals surface area contributed by atoms with Crippen molar-refractivity contribution >= 4 is 32.8 Å². The summed E-state index contributed by atoms with van der Waals surface area (Å²) in [6.07, 6.45) is 1.44. The minimum absolute atomic E-state index is 0.416. The molecule has 0 saturated carbocycles. The van der Waals surface area contributed by atoms with E-state index in [-0.39, 0.29) is 0 Å². The van der Waals surface area contributed by atoms with Crippen LogP contribution in [-0.2, 0) is 0 Å². The molecule has 5 nitrogen and oxygen atoms in total. The normalized spacial score (nSPS) is 11.2. The molecule has 3 heterocycles. The first-order valence-electron chi connectivity index (χ1n) is 7.77. The third-order valence-corrected chi connectivity index (χ3v) is 4.58.